The minimum atomic E-state index is 1.02. The second-order valence-electron chi connectivity index (χ2n) is 14.2. The van der Waals surface area contributed by atoms with E-state index < -0.39 is 0 Å². The molecule has 1 aliphatic heterocycles. The number of hydrogen-bond acceptors (Lipinski definition) is 0. The minimum Gasteiger partial charge on any atom is -0.493 e. The summed E-state index contributed by atoms with van der Waals surface area (Å²) in [7, 11) is 0. The van der Waals surface area contributed by atoms with Crippen LogP contribution in [0.3, 0.4) is 0 Å². The van der Waals surface area contributed by atoms with Crippen LogP contribution in [0.4, 0.5) is 0 Å². The van der Waals surface area contributed by atoms with Gasteiger partial charge in [-0.15, -0.1) is 0 Å². The van der Waals surface area contributed by atoms with Gasteiger partial charge in [0, 0.05) is 22.3 Å². The van der Waals surface area contributed by atoms with Crippen LogP contribution in [0, 0.1) is 0 Å². The molecule has 0 spiro atoms. The van der Waals surface area contributed by atoms with Crippen LogP contribution in [0.15, 0.2) is 35.4 Å². The van der Waals surface area contributed by atoms with E-state index in [1.165, 1.54) is 103 Å². The lowest BCUT2D eigenvalue weighted by Crippen LogP contribution is -2.08. The van der Waals surface area contributed by atoms with Gasteiger partial charge in [0.05, 0.1) is 0 Å². The maximum absolute atomic E-state index is 12.5. The highest BCUT2D eigenvalue weighted by Crippen LogP contribution is 2.46. The van der Waals surface area contributed by atoms with Crippen molar-refractivity contribution in [1.82, 2.24) is 0 Å². The predicted octanol–water partition coefficient (Wildman–Crippen LogP) is 14.1. The zero-order valence-electron chi connectivity index (χ0n) is 32.1. The zero-order chi connectivity index (χ0) is 34.2. The molecule has 2 heteroatoms. The van der Waals surface area contributed by atoms with Crippen LogP contribution >= 0.6 is 0 Å². The summed E-state index contributed by atoms with van der Waals surface area (Å²) in [5.41, 5.74) is 29.0. The van der Waals surface area contributed by atoms with Crippen LogP contribution < -0.4 is 0 Å². The molecule has 0 bridgehead atoms. The largest absolute Gasteiger partial charge is 0.493 e. The van der Waals surface area contributed by atoms with Gasteiger partial charge in [0.1, 0.15) is 0 Å². The zero-order valence-corrected chi connectivity index (χ0v) is 32.1. The molecular weight excluding hydrogens is 569 g/mol. The summed E-state index contributed by atoms with van der Waals surface area (Å²) in [6.07, 6.45) is 24.6. The smallest absolute Gasteiger partial charge is 0.211 e. The fourth-order valence-corrected chi connectivity index (χ4v) is 7.90. The number of hydrogen-bond donors (Lipinski definition) is 0. The first-order valence-corrected chi connectivity index (χ1v) is 20.2. The third-order valence-corrected chi connectivity index (χ3v) is 10.6. The molecule has 260 valence electrons. The summed E-state index contributed by atoms with van der Waals surface area (Å²) in [5, 5.41) is 0. The van der Waals surface area contributed by atoms with E-state index in [9.17, 15) is 5.53 Å². The van der Waals surface area contributed by atoms with Gasteiger partial charge in [-0.2, -0.15) is 0 Å². The van der Waals surface area contributed by atoms with Crippen LogP contribution in [-0.4, -0.2) is 4.70 Å². The summed E-state index contributed by atoms with van der Waals surface area (Å²) in [4.78, 5) is 0. The van der Waals surface area contributed by atoms with Crippen molar-refractivity contribution in [2.75, 3.05) is 0 Å². The first-order valence-electron chi connectivity index (χ1n) is 20.2. The van der Waals surface area contributed by atoms with Crippen molar-refractivity contribution in [3.63, 3.8) is 0 Å². The number of aryl methyl sites for hydroxylation is 4. The van der Waals surface area contributed by atoms with Gasteiger partial charge < -0.3 is 5.53 Å². The van der Waals surface area contributed by atoms with Gasteiger partial charge in [0.15, 0.2) is 0 Å². The Morgan fingerprint density at radius 3 is 1.15 bits per heavy atom. The first kappa shape index (κ1) is 39.0. The van der Waals surface area contributed by atoms with E-state index in [1.807, 2.05) is 0 Å². The van der Waals surface area contributed by atoms with Gasteiger partial charge in [0.2, 0.25) is 11.4 Å². The third kappa shape index (κ3) is 10.0. The highest BCUT2D eigenvalue weighted by molar-refractivity contribution is 5.83. The molecule has 3 rings (SSSR count). The van der Waals surface area contributed by atoms with E-state index in [4.69, 9.17) is 0 Å². The normalized spacial score (nSPS) is 13.5. The van der Waals surface area contributed by atoms with Crippen molar-refractivity contribution in [2.45, 2.75) is 190 Å². The van der Waals surface area contributed by atoms with Crippen LogP contribution in [0.1, 0.15) is 196 Å². The van der Waals surface area contributed by atoms with E-state index >= 15 is 0 Å². The molecule has 0 atom stereocenters. The van der Waals surface area contributed by atoms with Crippen molar-refractivity contribution in [3.8, 4) is 0 Å². The van der Waals surface area contributed by atoms with E-state index in [-0.39, 0.29) is 0 Å². The molecule has 1 heterocycles. The summed E-state index contributed by atoms with van der Waals surface area (Å²) >= 11 is 0. The Kier molecular flexibility index (Phi) is 17.2. The Bertz CT molecular complexity index is 1300. The Balaban J connectivity index is 2.30. The quantitative estimate of drug-likeness (QED) is 0.0855. The molecule has 0 amide bonds. The van der Waals surface area contributed by atoms with E-state index in [2.05, 4.69) is 79.7 Å². The highest BCUT2D eigenvalue weighted by Gasteiger charge is 2.36. The van der Waals surface area contributed by atoms with Crippen LogP contribution in [-0.2, 0) is 38.5 Å². The Morgan fingerprint density at radius 1 is 0.404 bits per heavy atom. The lowest BCUT2D eigenvalue weighted by molar-refractivity contribution is -0.345. The Hall–Kier alpha value is -2.48. The number of unbranched alkanes of at least 4 members (excludes halogenated alkanes) is 8. The topological polar surface area (TPSA) is 25.3 Å². The first-order chi connectivity index (χ1) is 22.9. The summed E-state index contributed by atoms with van der Waals surface area (Å²) < 4.78 is 1.66. The van der Waals surface area contributed by atoms with Gasteiger partial charge in [-0.25, -0.2) is 4.70 Å². The SMILES string of the molecule is CCCCCc1cc(C2=C(CCCC)C(CCCC)=C(c3cc(CC)c(CC)c(CC)c3)[N+]2=[N-])cc(CCCCC)c1CCCCC. The van der Waals surface area contributed by atoms with Crippen molar-refractivity contribution < 1.29 is 4.70 Å². The molecule has 1 aliphatic rings. The van der Waals surface area contributed by atoms with Gasteiger partial charge in [-0.3, -0.25) is 0 Å². The average Bonchev–Trinajstić information content (AvgIpc) is 3.36. The summed E-state index contributed by atoms with van der Waals surface area (Å²) in [6, 6.07) is 9.85. The van der Waals surface area contributed by atoms with Crippen molar-refractivity contribution >= 4 is 11.4 Å². The molecule has 2 nitrogen and oxygen atoms in total. The number of benzene rings is 2. The second kappa shape index (κ2) is 20.8. The number of nitrogens with zero attached hydrogens (tertiary/aromatic N) is 2. The van der Waals surface area contributed by atoms with Crippen LogP contribution in [0.25, 0.3) is 16.9 Å². The lowest BCUT2D eigenvalue weighted by atomic mass is 9.86. The fraction of sp³-hybridized carbons (Fsp3) is 0.644. The molecular formula is C45H70N2. The van der Waals surface area contributed by atoms with E-state index in [0.717, 1.165) is 82.0 Å². The third-order valence-electron chi connectivity index (χ3n) is 10.6. The molecule has 0 N–H and O–H groups in total. The van der Waals surface area contributed by atoms with Gasteiger partial charge in [-0.05, 0) is 141 Å². The average molecular weight is 639 g/mol. The molecule has 0 saturated carbocycles. The molecule has 0 unspecified atom stereocenters. The van der Waals surface area contributed by atoms with Crippen molar-refractivity contribution in [1.29, 1.82) is 0 Å². The molecule has 0 fully saturated rings. The van der Waals surface area contributed by atoms with Gasteiger partial charge >= 0.3 is 0 Å². The maximum atomic E-state index is 12.5. The molecule has 2 aromatic carbocycles. The number of rotatable bonds is 23. The molecule has 0 saturated heterocycles. The van der Waals surface area contributed by atoms with Gasteiger partial charge in [0.25, 0.3) is 0 Å². The number of allylic oxidation sites excluding steroid dienone is 2. The summed E-state index contributed by atoms with van der Waals surface area (Å²) in [5.74, 6) is 0. The molecule has 0 aromatic heterocycles. The molecule has 0 aliphatic carbocycles. The van der Waals surface area contributed by atoms with E-state index in [1.54, 1.807) is 21.4 Å². The predicted molar refractivity (Wildman–Crippen MR) is 207 cm³/mol. The van der Waals surface area contributed by atoms with Crippen molar-refractivity contribution in [2.24, 2.45) is 0 Å². The fourth-order valence-electron chi connectivity index (χ4n) is 7.90. The maximum Gasteiger partial charge on any atom is 0.211 e. The molecule has 2 aromatic rings. The van der Waals surface area contributed by atoms with Gasteiger partial charge in [-0.1, -0.05) is 107 Å². The van der Waals surface area contributed by atoms with E-state index in [0.29, 0.717) is 0 Å². The van der Waals surface area contributed by atoms with Crippen LogP contribution in [0.2, 0.25) is 0 Å². The second-order valence-corrected chi connectivity index (χ2v) is 14.2. The van der Waals surface area contributed by atoms with Crippen LogP contribution in [0.5, 0.6) is 0 Å². The highest BCUT2D eigenvalue weighted by atomic mass is 15.2. The standard InChI is InChI=1S/C45H70N2/c1-9-17-22-25-36-32-39(33-37(26-23-18-10-2)41(36)29-24-19-11-3)45-43(28-21-13-5)42(27-20-12-4)44(47(45)46)38-30-34(14-6)40(16-8)35(15-7)31-38/h30-33H,9-29H2,1-8H3. The lowest BCUT2D eigenvalue weighted by Gasteiger charge is -2.19. The van der Waals surface area contributed by atoms with Crippen molar-refractivity contribution in [3.05, 3.63) is 85.5 Å². The minimum absolute atomic E-state index is 1.02. The summed E-state index contributed by atoms with van der Waals surface area (Å²) in [6.45, 7) is 18.4. The Labute approximate surface area is 291 Å². The monoisotopic (exact) mass is 639 g/mol. The molecule has 47 heavy (non-hydrogen) atoms. The Morgan fingerprint density at radius 2 is 0.787 bits per heavy atom. The molecule has 0 radical (unpaired) electrons.